The Morgan fingerprint density at radius 2 is 1.77 bits per heavy atom. The number of nitrogens with one attached hydrogen (secondary N) is 1. The summed E-state index contributed by atoms with van der Waals surface area (Å²) in [6.07, 6.45) is 0. The molecule has 2 rings (SSSR count). The molecule has 1 aliphatic heterocycles. The lowest BCUT2D eigenvalue weighted by molar-refractivity contribution is 0.153. The topological polar surface area (TPSA) is 44.8 Å². The molecule has 1 fully saturated rings. The third kappa shape index (κ3) is 4.13. The van der Waals surface area contributed by atoms with Crippen LogP contribution < -0.4 is 10.1 Å². The van der Waals surface area contributed by atoms with Crippen LogP contribution in [0.3, 0.4) is 0 Å². The maximum Gasteiger partial charge on any atom is 0.317 e. The van der Waals surface area contributed by atoms with Crippen molar-refractivity contribution in [2.45, 2.75) is 20.8 Å². The summed E-state index contributed by atoms with van der Waals surface area (Å²) in [6.45, 7) is 10.7. The second kappa shape index (κ2) is 7.49. The van der Waals surface area contributed by atoms with Gasteiger partial charge in [-0.3, -0.25) is 0 Å². The highest BCUT2D eigenvalue weighted by atomic mass is 16.5. The SMILES string of the molecule is Cc1ccc(C)c(OCCNC(=O)N2CCN(C)CC2)c1C. The molecule has 1 N–H and O–H groups in total. The number of ether oxygens (including phenoxy) is 1. The van der Waals surface area contributed by atoms with Crippen LogP contribution in [0.2, 0.25) is 0 Å². The highest BCUT2D eigenvalue weighted by Gasteiger charge is 2.18. The summed E-state index contributed by atoms with van der Waals surface area (Å²) in [6, 6.07) is 4.18. The lowest BCUT2D eigenvalue weighted by Gasteiger charge is -2.32. The van der Waals surface area contributed by atoms with Gasteiger partial charge in [0.1, 0.15) is 12.4 Å². The van der Waals surface area contributed by atoms with Crippen LogP contribution in [0.25, 0.3) is 0 Å². The number of piperazine rings is 1. The number of carbonyl (C=O) groups excluding carboxylic acids is 1. The number of aryl methyl sites for hydroxylation is 2. The Labute approximate surface area is 133 Å². The molecule has 1 heterocycles. The summed E-state index contributed by atoms with van der Waals surface area (Å²) < 4.78 is 5.86. The number of benzene rings is 1. The van der Waals surface area contributed by atoms with Gasteiger partial charge in [0.25, 0.3) is 0 Å². The van der Waals surface area contributed by atoms with E-state index in [-0.39, 0.29) is 6.03 Å². The zero-order valence-electron chi connectivity index (χ0n) is 14.1. The van der Waals surface area contributed by atoms with E-state index in [1.807, 2.05) is 11.8 Å². The largest absolute Gasteiger partial charge is 0.491 e. The molecule has 0 aliphatic carbocycles. The molecule has 0 saturated carbocycles. The molecule has 1 saturated heterocycles. The number of amides is 2. The van der Waals surface area contributed by atoms with Crippen LogP contribution >= 0.6 is 0 Å². The fourth-order valence-electron chi connectivity index (χ4n) is 2.58. The first-order chi connectivity index (χ1) is 10.5. The number of rotatable bonds is 4. The molecule has 5 nitrogen and oxygen atoms in total. The van der Waals surface area contributed by atoms with E-state index in [1.54, 1.807) is 0 Å². The molecular weight excluding hydrogens is 278 g/mol. The second-order valence-corrected chi connectivity index (χ2v) is 6.02. The molecule has 0 atom stereocenters. The lowest BCUT2D eigenvalue weighted by atomic mass is 10.1. The standard InChI is InChI=1S/C17H27N3O2/c1-13-5-6-14(2)16(15(13)3)22-12-7-18-17(21)20-10-8-19(4)9-11-20/h5-6H,7-12H2,1-4H3,(H,18,21). The van der Waals surface area contributed by atoms with Crippen LogP contribution in [0.1, 0.15) is 16.7 Å². The van der Waals surface area contributed by atoms with Gasteiger partial charge in [0.05, 0.1) is 6.54 Å². The van der Waals surface area contributed by atoms with Gasteiger partial charge in [0.2, 0.25) is 0 Å². The maximum absolute atomic E-state index is 12.0. The third-order valence-electron chi connectivity index (χ3n) is 4.29. The van der Waals surface area contributed by atoms with Crippen LogP contribution in [0.15, 0.2) is 12.1 Å². The Morgan fingerprint density at radius 1 is 1.14 bits per heavy atom. The number of likely N-dealkylation sites (N-methyl/N-ethyl adjacent to an activating group) is 1. The van der Waals surface area contributed by atoms with E-state index in [9.17, 15) is 4.79 Å². The van der Waals surface area contributed by atoms with E-state index >= 15 is 0 Å². The molecule has 0 unspecified atom stereocenters. The predicted molar refractivity (Wildman–Crippen MR) is 88.6 cm³/mol. The first kappa shape index (κ1) is 16.6. The van der Waals surface area contributed by atoms with Crippen molar-refractivity contribution in [1.82, 2.24) is 15.1 Å². The highest BCUT2D eigenvalue weighted by molar-refractivity contribution is 5.74. The zero-order valence-corrected chi connectivity index (χ0v) is 14.1. The molecule has 1 aliphatic rings. The summed E-state index contributed by atoms with van der Waals surface area (Å²) in [5, 5.41) is 2.93. The van der Waals surface area contributed by atoms with Gasteiger partial charge in [0.15, 0.2) is 0 Å². The predicted octanol–water partition coefficient (Wildman–Crippen LogP) is 1.95. The molecule has 2 amide bonds. The molecule has 1 aromatic carbocycles. The van der Waals surface area contributed by atoms with Crippen molar-refractivity contribution in [3.63, 3.8) is 0 Å². The maximum atomic E-state index is 12.0. The third-order valence-corrected chi connectivity index (χ3v) is 4.29. The smallest absolute Gasteiger partial charge is 0.317 e. The number of urea groups is 1. The molecule has 0 bridgehead atoms. The minimum atomic E-state index is 0.00869. The van der Waals surface area contributed by atoms with Crippen LogP contribution in [0.5, 0.6) is 5.75 Å². The number of nitrogens with zero attached hydrogens (tertiary/aromatic N) is 2. The molecule has 122 valence electrons. The molecular formula is C17H27N3O2. The van der Waals surface area contributed by atoms with Crippen LogP contribution in [-0.4, -0.2) is 62.2 Å². The average Bonchev–Trinajstić information content (AvgIpc) is 2.51. The first-order valence-electron chi connectivity index (χ1n) is 7.90. The normalized spacial score (nSPS) is 15.7. The Kier molecular flexibility index (Phi) is 5.66. The van der Waals surface area contributed by atoms with Crippen molar-refractivity contribution in [3.8, 4) is 5.75 Å². The Hall–Kier alpha value is -1.75. The Morgan fingerprint density at radius 3 is 2.45 bits per heavy atom. The summed E-state index contributed by atoms with van der Waals surface area (Å²) in [4.78, 5) is 16.1. The van der Waals surface area contributed by atoms with Gasteiger partial charge in [0, 0.05) is 26.2 Å². The molecule has 5 heteroatoms. The molecule has 1 aromatic rings. The fourth-order valence-corrected chi connectivity index (χ4v) is 2.58. The fraction of sp³-hybridized carbons (Fsp3) is 0.588. The van der Waals surface area contributed by atoms with Crippen molar-refractivity contribution < 1.29 is 9.53 Å². The zero-order chi connectivity index (χ0) is 16.1. The van der Waals surface area contributed by atoms with Gasteiger partial charge in [-0.15, -0.1) is 0 Å². The van der Waals surface area contributed by atoms with E-state index in [4.69, 9.17) is 4.74 Å². The van der Waals surface area contributed by atoms with Crippen LogP contribution in [0.4, 0.5) is 4.79 Å². The Bertz CT molecular complexity index is 523. The summed E-state index contributed by atoms with van der Waals surface area (Å²) >= 11 is 0. The van der Waals surface area contributed by atoms with Crippen molar-refractivity contribution in [1.29, 1.82) is 0 Å². The molecule has 0 aromatic heterocycles. The van der Waals surface area contributed by atoms with Gasteiger partial charge in [-0.05, 0) is 44.5 Å². The molecule has 22 heavy (non-hydrogen) atoms. The summed E-state index contributed by atoms with van der Waals surface area (Å²) in [7, 11) is 2.08. The molecule has 0 spiro atoms. The number of hydrogen-bond donors (Lipinski definition) is 1. The quantitative estimate of drug-likeness (QED) is 0.865. The lowest BCUT2D eigenvalue weighted by Crippen LogP contribution is -2.51. The summed E-state index contributed by atoms with van der Waals surface area (Å²) in [5.74, 6) is 0.939. The van der Waals surface area contributed by atoms with Crippen LogP contribution in [-0.2, 0) is 0 Å². The highest BCUT2D eigenvalue weighted by Crippen LogP contribution is 2.25. The van der Waals surface area contributed by atoms with Crippen molar-refractivity contribution in [3.05, 3.63) is 28.8 Å². The Balaban J connectivity index is 1.75. The van der Waals surface area contributed by atoms with E-state index in [1.165, 1.54) is 11.1 Å². The van der Waals surface area contributed by atoms with Gasteiger partial charge in [-0.1, -0.05) is 12.1 Å². The summed E-state index contributed by atoms with van der Waals surface area (Å²) in [5.41, 5.74) is 3.53. The van der Waals surface area contributed by atoms with E-state index < -0.39 is 0 Å². The van der Waals surface area contributed by atoms with Gasteiger partial charge in [-0.25, -0.2) is 4.79 Å². The van der Waals surface area contributed by atoms with Crippen LogP contribution in [0, 0.1) is 20.8 Å². The van der Waals surface area contributed by atoms with E-state index in [0.29, 0.717) is 13.2 Å². The second-order valence-electron chi connectivity index (χ2n) is 6.02. The minimum Gasteiger partial charge on any atom is -0.491 e. The van der Waals surface area contributed by atoms with E-state index in [0.717, 1.165) is 37.5 Å². The van der Waals surface area contributed by atoms with Crippen molar-refractivity contribution >= 4 is 6.03 Å². The van der Waals surface area contributed by atoms with Gasteiger partial charge in [-0.2, -0.15) is 0 Å². The molecule has 0 radical (unpaired) electrons. The van der Waals surface area contributed by atoms with E-state index in [2.05, 4.69) is 43.2 Å². The first-order valence-corrected chi connectivity index (χ1v) is 7.90. The minimum absolute atomic E-state index is 0.00869. The number of carbonyl (C=O) groups is 1. The van der Waals surface area contributed by atoms with Gasteiger partial charge >= 0.3 is 6.03 Å². The monoisotopic (exact) mass is 305 g/mol. The van der Waals surface area contributed by atoms with Crippen molar-refractivity contribution in [2.75, 3.05) is 46.4 Å². The average molecular weight is 305 g/mol. The van der Waals surface area contributed by atoms with Gasteiger partial charge < -0.3 is 19.9 Å². The number of hydrogen-bond acceptors (Lipinski definition) is 3. The van der Waals surface area contributed by atoms with Crippen molar-refractivity contribution in [2.24, 2.45) is 0 Å².